The summed E-state index contributed by atoms with van der Waals surface area (Å²) in [6, 6.07) is 11.8. The number of nitrogens with one attached hydrogen (secondary N) is 1. The molecule has 0 fully saturated rings. The SMILES string of the molecule is N#Cc1ccc(O)c(NC(=O)CCc2ccccn2)c1. The van der Waals surface area contributed by atoms with Gasteiger partial charge in [-0.2, -0.15) is 5.26 Å². The molecule has 0 aliphatic heterocycles. The van der Waals surface area contributed by atoms with Gasteiger partial charge in [0, 0.05) is 18.3 Å². The zero-order valence-electron chi connectivity index (χ0n) is 10.7. The maximum Gasteiger partial charge on any atom is 0.224 e. The van der Waals surface area contributed by atoms with Gasteiger partial charge in [0.1, 0.15) is 5.75 Å². The van der Waals surface area contributed by atoms with Crippen LogP contribution >= 0.6 is 0 Å². The van der Waals surface area contributed by atoms with Crippen molar-refractivity contribution in [1.29, 1.82) is 5.26 Å². The first-order valence-electron chi connectivity index (χ1n) is 6.12. The van der Waals surface area contributed by atoms with Crippen molar-refractivity contribution in [3.8, 4) is 11.8 Å². The number of phenols is 1. The van der Waals surface area contributed by atoms with Crippen LogP contribution in [0.2, 0.25) is 0 Å². The zero-order valence-corrected chi connectivity index (χ0v) is 10.7. The number of benzene rings is 1. The Morgan fingerprint density at radius 2 is 2.20 bits per heavy atom. The largest absolute Gasteiger partial charge is 0.506 e. The number of pyridine rings is 1. The van der Waals surface area contributed by atoms with Gasteiger partial charge in [-0.1, -0.05) is 6.07 Å². The number of carbonyl (C=O) groups excluding carboxylic acids is 1. The summed E-state index contributed by atoms with van der Waals surface area (Å²) in [5, 5.41) is 21.0. The Hall–Kier alpha value is -2.87. The van der Waals surface area contributed by atoms with Gasteiger partial charge < -0.3 is 10.4 Å². The Labute approximate surface area is 116 Å². The first-order chi connectivity index (χ1) is 9.69. The second kappa shape index (κ2) is 6.34. The number of nitriles is 1. The normalized spacial score (nSPS) is 9.75. The molecule has 0 saturated carbocycles. The predicted molar refractivity (Wildman–Crippen MR) is 74.0 cm³/mol. The predicted octanol–water partition coefficient (Wildman–Crippen LogP) is 2.23. The molecule has 1 aromatic heterocycles. The Morgan fingerprint density at radius 3 is 2.90 bits per heavy atom. The van der Waals surface area contributed by atoms with Crippen molar-refractivity contribution in [3.05, 3.63) is 53.9 Å². The first kappa shape index (κ1) is 13.6. The van der Waals surface area contributed by atoms with Crippen LogP contribution in [0.5, 0.6) is 5.75 Å². The highest BCUT2D eigenvalue weighted by molar-refractivity contribution is 5.92. The molecule has 2 aromatic rings. The highest BCUT2D eigenvalue weighted by Crippen LogP contribution is 2.24. The zero-order chi connectivity index (χ0) is 14.4. The molecule has 0 radical (unpaired) electrons. The number of carbonyl (C=O) groups is 1. The van der Waals surface area contributed by atoms with Crippen LogP contribution < -0.4 is 5.32 Å². The van der Waals surface area contributed by atoms with Gasteiger partial charge in [0.25, 0.3) is 0 Å². The summed E-state index contributed by atoms with van der Waals surface area (Å²) in [5.74, 6) is -0.295. The van der Waals surface area contributed by atoms with Crippen LogP contribution in [0.15, 0.2) is 42.6 Å². The van der Waals surface area contributed by atoms with Gasteiger partial charge in [-0.15, -0.1) is 0 Å². The van der Waals surface area contributed by atoms with E-state index in [0.29, 0.717) is 12.0 Å². The van der Waals surface area contributed by atoms with E-state index in [2.05, 4.69) is 10.3 Å². The number of hydrogen-bond acceptors (Lipinski definition) is 4. The molecule has 0 bridgehead atoms. The molecule has 2 N–H and O–H groups in total. The number of aryl methyl sites for hydroxylation is 1. The lowest BCUT2D eigenvalue weighted by atomic mass is 10.2. The second-order valence-corrected chi connectivity index (χ2v) is 4.21. The van der Waals surface area contributed by atoms with Crippen molar-refractivity contribution >= 4 is 11.6 Å². The quantitative estimate of drug-likeness (QED) is 0.832. The second-order valence-electron chi connectivity index (χ2n) is 4.21. The molecule has 5 nitrogen and oxygen atoms in total. The van der Waals surface area contributed by atoms with Gasteiger partial charge in [-0.25, -0.2) is 0 Å². The number of aromatic nitrogens is 1. The molecule has 1 aromatic carbocycles. The molecule has 0 unspecified atom stereocenters. The van der Waals surface area contributed by atoms with E-state index in [1.54, 1.807) is 6.20 Å². The number of anilines is 1. The number of hydrogen-bond donors (Lipinski definition) is 2. The van der Waals surface area contributed by atoms with E-state index in [1.165, 1.54) is 18.2 Å². The molecule has 0 saturated heterocycles. The summed E-state index contributed by atoms with van der Waals surface area (Å²) in [6.07, 6.45) is 2.45. The van der Waals surface area contributed by atoms with Crippen LogP contribution in [0.3, 0.4) is 0 Å². The van der Waals surface area contributed by atoms with E-state index in [1.807, 2.05) is 24.3 Å². The van der Waals surface area contributed by atoms with Gasteiger partial charge in [0.05, 0.1) is 17.3 Å². The van der Waals surface area contributed by atoms with Crippen molar-refractivity contribution < 1.29 is 9.90 Å². The van der Waals surface area contributed by atoms with E-state index < -0.39 is 0 Å². The van der Waals surface area contributed by atoms with Gasteiger partial charge in [-0.3, -0.25) is 9.78 Å². The summed E-state index contributed by atoms with van der Waals surface area (Å²) < 4.78 is 0. The summed E-state index contributed by atoms with van der Waals surface area (Å²) in [7, 11) is 0. The fourth-order valence-electron chi connectivity index (χ4n) is 1.71. The fourth-order valence-corrected chi connectivity index (χ4v) is 1.71. The first-order valence-corrected chi connectivity index (χ1v) is 6.12. The van der Waals surface area contributed by atoms with E-state index >= 15 is 0 Å². The van der Waals surface area contributed by atoms with Crippen molar-refractivity contribution in [1.82, 2.24) is 4.98 Å². The fraction of sp³-hybridized carbons (Fsp3) is 0.133. The van der Waals surface area contributed by atoms with Gasteiger partial charge >= 0.3 is 0 Å². The molecular weight excluding hydrogens is 254 g/mol. The van der Waals surface area contributed by atoms with Gasteiger partial charge in [0.15, 0.2) is 0 Å². The lowest BCUT2D eigenvalue weighted by Crippen LogP contribution is -2.12. The third-order valence-corrected chi connectivity index (χ3v) is 2.73. The smallest absolute Gasteiger partial charge is 0.224 e. The van der Waals surface area contributed by atoms with E-state index in [4.69, 9.17) is 5.26 Å². The maximum atomic E-state index is 11.8. The Kier molecular flexibility index (Phi) is 4.30. The average molecular weight is 267 g/mol. The summed E-state index contributed by atoms with van der Waals surface area (Å²) in [5.41, 5.74) is 1.45. The highest BCUT2D eigenvalue weighted by atomic mass is 16.3. The maximum absolute atomic E-state index is 11.8. The van der Waals surface area contributed by atoms with Crippen LogP contribution in [0.25, 0.3) is 0 Å². The highest BCUT2D eigenvalue weighted by Gasteiger charge is 2.08. The van der Waals surface area contributed by atoms with Crippen molar-refractivity contribution in [2.75, 3.05) is 5.32 Å². The van der Waals surface area contributed by atoms with Crippen molar-refractivity contribution in [2.45, 2.75) is 12.8 Å². The van der Waals surface area contributed by atoms with Crippen molar-refractivity contribution in [3.63, 3.8) is 0 Å². The van der Waals surface area contributed by atoms with E-state index in [9.17, 15) is 9.90 Å². The number of nitrogens with zero attached hydrogens (tertiary/aromatic N) is 2. The molecule has 20 heavy (non-hydrogen) atoms. The topological polar surface area (TPSA) is 86.0 Å². The lowest BCUT2D eigenvalue weighted by molar-refractivity contribution is -0.116. The molecule has 0 aliphatic carbocycles. The summed E-state index contributed by atoms with van der Waals surface area (Å²) in [4.78, 5) is 15.9. The minimum atomic E-state index is -0.235. The number of rotatable bonds is 4. The molecular formula is C15H13N3O2. The third-order valence-electron chi connectivity index (χ3n) is 2.73. The number of aromatic hydroxyl groups is 1. The van der Waals surface area contributed by atoms with E-state index in [0.717, 1.165) is 5.69 Å². The molecule has 100 valence electrons. The third kappa shape index (κ3) is 3.56. The molecule has 0 spiro atoms. The molecule has 0 aliphatic rings. The average Bonchev–Trinajstić information content (AvgIpc) is 2.48. The molecule has 0 atom stereocenters. The van der Waals surface area contributed by atoms with Crippen molar-refractivity contribution in [2.24, 2.45) is 0 Å². The Bertz CT molecular complexity index is 648. The molecule has 1 heterocycles. The Morgan fingerprint density at radius 1 is 1.35 bits per heavy atom. The standard InChI is InChI=1S/C15H13N3O2/c16-10-11-4-6-14(19)13(9-11)18-15(20)7-5-12-3-1-2-8-17-12/h1-4,6,8-9,19H,5,7H2,(H,18,20). The van der Waals surface area contributed by atoms with Gasteiger partial charge in [0.2, 0.25) is 5.91 Å². The molecule has 2 rings (SSSR count). The lowest BCUT2D eigenvalue weighted by Gasteiger charge is -2.07. The monoisotopic (exact) mass is 267 g/mol. The molecule has 1 amide bonds. The number of phenolic OH excluding ortho intramolecular Hbond substituents is 1. The van der Waals surface area contributed by atoms with Crippen LogP contribution in [-0.4, -0.2) is 16.0 Å². The van der Waals surface area contributed by atoms with Crippen LogP contribution in [0.4, 0.5) is 5.69 Å². The molecule has 5 heteroatoms. The van der Waals surface area contributed by atoms with Gasteiger partial charge in [-0.05, 0) is 36.8 Å². The Balaban J connectivity index is 1.97. The summed E-state index contributed by atoms with van der Waals surface area (Å²) in [6.45, 7) is 0. The van der Waals surface area contributed by atoms with Crippen LogP contribution in [-0.2, 0) is 11.2 Å². The minimum absolute atomic E-state index is 0.0600. The number of amides is 1. The van der Waals surface area contributed by atoms with E-state index in [-0.39, 0.29) is 23.8 Å². The minimum Gasteiger partial charge on any atom is -0.506 e. The van der Waals surface area contributed by atoms with Crippen LogP contribution in [0, 0.1) is 11.3 Å². The summed E-state index contributed by atoms with van der Waals surface area (Å²) >= 11 is 0. The van der Waals surface area contributed by atoms with Crippen LogP contribution in [0.1, 0.15) is 17.7 Å².